The van der Waals surface area contributed by atoms with E-state index >= 15 is 0 Å². The van der Waals surface area contributed by atoms with Gasteiger partial charge in [-0.25, -0.2) is 0 Å². The van der Waals surface area contributed by atoms with E-state index in [9.17, 15) is 4.12 Å². The zero-order chi connectivity index (χ0) is 44.5. The van der Waals surface area contributed by atoms with Gasteiger partial charge in [0, 0.05) is 0 Å². The second kappa shape index (κ2) is 17.0. The molecule has 0 amide bonds. The summed E-state index contributed by atoms with van der Waals surface area (Å²) in [5.74, 6) is 7.23. The van der Waals surface area contributed by atoms with Crippen molar-refractivity contribution in [3.63, 3.8) is 0 Å². The van der Waals surface area contributed by atoms with Crippen molar-refractivity contribution < 1.29 is 4.12 Å². The van der Waals surface area contributed by atoms with Crippen LogP contribution in [-0.4, -0.2) is 45.1 Å². The van der Waals surface area contributed by atoms with Gasteiger partial charge in [0.15, 0.2) is 14.7 Å². The molecule has 0 aromatic heterocycles. The van der Waals surface area contributed by atoms with E-state index < -0.39 is 45.1 Å². The van der Waals surface area contributed by atoms with Gasteiger partial charge in [0.2, 0.25) is 0 Å². The molecular weight excluding hydrogens is 857 g/mol. The third kappa shape index (κ3) is 6.51. The number of hydrogen-bond donors (Lipinski definition) is 0. The summed E-state index contributed by atoms with van der Waals surface area (Å²) in [4.78, 5) is 0. The van der Waals surface area contributed by atoms with E-state index in [1.165, 1.54) is 167 Å². The molecular formula is C56H98OSi6. The Kier molecular flexibility index (Phi) is 12.6. The third-order valence-corrected chi connectivity index (χ3v) is 102. The fourth-order valence-corrected chi connectivity index (χ4v) is 137. The van der Waals surface area contributed by atoms with Gasteiger partial charge in [-0.05, 0) is 161 Å². The Morgan fingerprint density at radius 2 is 0.540 bits per heavy atom. The molecule has 0 saturated heterocycles. The molecule has 10 rings (SSSR count). The van der Waals surface area contributed by atoms with Gasteiger partial charge in [-0.15, -0.1) is 0 Å². The van der Waals surface area contributed by atoms with Crippen LogP contribution in [0.3, 0.4) is 0 Å². The van der Waals surface area contributed by atoms with Crippen LogP contribution in [0.15, 0.2) is 43.1 Å². The lowest BCUT2D eigenvalue weighted by molar-refractivity contribution is 0.428. The van der Waals surface area contributed by atoms with Crippen molar-refractivity contribution in [3.8, 4) is 0 Å². The van der Waals surface area contributed by atoms with Crippen molar-refractivity contribution in [2.45, 2.75) is 258 Å². The van der Waals surface area contributed by atoms with Gasteiger partial charge in [0.1, 0.15) is 0 Å². The van der Waals surface area contributed by atoms with Gasteiger partial charge in [-0.1, -0.05) is 187 Å². The molecule has 6 saturated carbocycles. The SMILES string of the molecule is CCC1=C([Si](C)(C)[Si](O[Si](C2CCCCC2)([Si](C)(C)C2=C(CC)C3CCC2C3)[Si](C)(C)C2=C(CC)C3CCC2C3)(C2CCCCC2)[Si](C)(C)C2=C(CC)C3CCC2C3)C2CCC1C2. The minimum absolute atomic E-state index is 0.897. The van der Waals surface area contributed by atoms with E-state index in [4.69, 9.17) is 0 Å². The molecule has 8 bridgehead atoms. The summed E-state index contributed by atoms with van der Waals surface area (Å²) in [5, 5.41) is 8.86. The number of hydrogen-bond acceptors (Lipinski definition) is 1. The van der Waals surface area contributed by atoms with E-state index in [0.717, 1.165) is 58.4 Å². The number of allylic oxidation sites excluding steroid dienone is 8. The van der Waals surface area contributed by atoms with Crippen LogP contribution >= 0.6 is 0 Å². The Morgan fingerprint density at radius 3 is 0.762 bits per heavy atom. The summed E-state index contributed by atoms with van der Waals surface area (Å²) in [6.45, 7) is 35.8. The maximum absolute atomic E-state index is 10.6. The summed E-state index contributed by atoms with van der Waals surface area (Å²) >= 11 is 0. The first-order chi connectivity index (χ1) is 30.1. The Morgan fingerprint density at radius 1 is 0.317 bits per heavy atom. The van der Waals surface area contributed by atoms with Crippen molar-refractivity contribution in [2.75, 3.05) is 0 Å². The first kappa shape index (κ1) is 46.9. The van der Waals surface area contributed by atoms with Crippen molar-refractivity contribution >= 4 is 45.1 Å². The Labute approximate surface area is 395 Å². The van der Waals surface area contributed by atoms with Gasteiger partial charge in [0.05, 0.1) is 30.4 Å². The highest BCUT2D eigenvalue weighted by atomic mass is 29.7. The Balaban J connectivity index is 1.34. The third-order valence-electron chi connectivity index (χ3n) is 23.3. The van der Waals surface area contributed by atoms with Crippen LogP contribution in [0.4, 0.5) is 0 Å². The normalized spacial score (nSPS) is 36.0. The molecule has 0 heterocycles. The second-order valence-electron chi connectivity index (χ2n) is 26.7. The molecule has 6 fully saturated rings. The molecule has 0 aromatic rings. The molecule has 10 aliphatic rings. The summed E-state index contributed by atoms with van der Waals surface area (Å²) in [5.41, 5.74) is 9.99. The van der Waals surface area contributed by atoms with Crippen LogP contribution in [0.25, 0.3) is 0 Å². The standard InChI is InChI=1S/C56H98OSi6/c1-13-49-39-27-31-43(35-39)53(49)58(5,6)62(47-23-19-17-20-24-47,59(7,8)54-44-32-28-40(36-44)50(54)14-2)57-63(48-25-21-18-22-26-48,60(9,10)55-45-33-29-41(37-45)51(55)15-3)61(11,12)56-46-34-30-42(38-46)52(56)16-4/h39-48H,13-38H2,1-12H3. The zero-order valence-electron chi connectivity index (χ0n) is 43.6. The van der Waals surface area contributed by atoms with Gasteiger partial charge in [0.25, 0.3) is 0 Å². The minimum Gasteiger partial charge on any atom is -0.462 e. The predicted molar refractivity (Wildman–Crippen MR) is 289 cm³/mol. The molecule has 8 atom stereocenters. The van der Waals surface area contributed by atoms with Gasteiger partial charge >= 0.3 is 0 Å². The van der Waals surface area contributed by atoms with Crippen LogP contribution in [0.2, 0.25) is 63.5 Å². The highest BCUT2D eigenvalue weighted by Gasteiger charge is 2.77. The van der Waals surface area contributed by atoms with E-state index in [1.54, 1.807) is 0 Å². The molecule has 0 spiro atoms. The fourth-order valence-electron chi connectivity index (χ4n) is 22.1. The summed E-state index contributed by atoms with van der Waals surface area (Å²) in [6.07, 6.45) is 38.7. The Bertz CT molecular complexity index is 1670. The quantitative estimate of drug-likeness (QED) is 0.140. The first-order valence-corrected chi connectivity index (χ1v) is 48.7. The highest BCUT2D eigenvalue weighted by molar-refractivity contribution is 7.76. The maximum atomic E-state index is 10.6. The van der Waals surface area contributed by atoms with Crippen LogP contribution in [0.1, 0.15) is 195 Å². The lowest BCUT2D eigenvalue weighted by atomic mass is 9.96. The van der Waals surface area contributed by atoms with E-state index in [0.29, 0.717) is 0 Å². The van der Waals surface area contributed by atoms with Crippen molar-refractivity contribution in [2.24, 2.45) is 47.3 Å². The van der Waals surface area contributed by atoms with E-state index in [2.05, 4.69) is 101 Å². The highest BCUT2D eigenvalue weighted by Crippen LogP contribution is 2.67. The van der Waals surface area contributed by atoms with Crippen LogP contribution in [-0.2, 0) is 4.12 Å². The number of rotatable bonds is 16. The number of fused-ring (bicyclic) bond motifs is 8. The smallest absolute Gasteiger partial charge is 0.166 e. The summed E-state index contributed by atoms with van der Waals surface area (Å²) in [7, 11) is -13.8. The molecule has 0 aliphatic heterocycles. The lowest BCUT2D eigenvalue weighted by Crippen LogP contribution is -2.89. The fraction of sp³-hybridized carbons (Fsp3) is 0.857. The summed E-state index contributed by atoms with van der Waals surface area (Å²) < 4.78 is 10.6. The molecule has 0 aromatic carbocycles. The molecule has 0 radical (unpaired) electrons. The van der Waals surface area contributed by atoms with Gasteiger partial charge in [-0.2, -0.15) is 0 Å². The Hall–Kier alpha value is 0.221. The molecule has 63 heavy (non-hydrogen) atoms. The molecule has 8 unspecified atom stereocenters. The largest absolute Gasteiger partial charge is 0.462 e. The van der Waals surface area contributed by atoms with Crippen molar-refractivity contribution in [3.05, 3.63) is 43.1 Å². The molecule has 0 N–H and O–H groups in total. The zero-order valence-corrected chi connectivity index (χ0v) is 49.6. The van der Waals surface area contributed by atoms with Crippen molar-refractivity contribution in [1.82, 2.24) is 0 Å². The van der Waals surface area contributed by atoms with Crippen molar-refractivity contribution in [1.29, 1.82) is 0 Å². The maximum Gasteiger partial charge on any atom is 0.166 e. The van der Waals surface area contributed by atoms with Crippen LogP contribution < -0.4 is 0 Å². The monoisotopic (exact) mass is 955 g/mol. The molecule has 1 nitrogen and oxygen atoms in total. The topological polar surface area (TPSA) is 9.23 Å². The molecule has 352 valence electrons. The predicted octanol–water partition coefficient (Wildman–Crippen LogP) is 17.4. The average Bonchev–Trinajstić information content (AvgIpc) is 4.15. The van der Waals surface area contributed by atoms with Gasteiger partial charge < -0.3 is 4.12 Å². The first-order valence-electron chi connectivity index (χ1n) is 28.7. The van der Waals surface area contributed by atoms with E-state index in [1.807, 2.05) is 22.3 Å². The van der Waals surface area contributed by atoms with Gasteiger partial charge in [-0.3, -0.25) is 0 Å². The molecule has 10 aliphatic carbocycles. The lowest BCUT2D eigenvalue weighted by Gasteiger charge is -2.68. The second-order valence-corrected chi connectivity index (χ2v) is 74.2. The van der Waals surface area contributed by atoms with Crippen LogP contribution in [0.5, 0.6) is 0 Å². The minimum atomic E-state index is -2.57. The van der Waals surface area contributed by atoms with Crippen LogP contribution in [0, 0.1) is 47.3 Å². The summed E-state index contributed by atoms with van der Waals surface area (Å²) in [6, 6.07) is 0. The average molecular weight is 956 g/mol. The molecule has 7 heteroatoms. The van der Waals surface area contributed by atoms with E-state index in [-0.39, 0.29) is 0 Å².